The predicted molar refractivity (Wildman–Crippen MR) is 101 cm³/mol. The van der Waals surface area contributed by atoms with Gasteiger partial charge in [0, 0.05) is 31.5 Å². The molecule has 3 rings (SSSR count). The van der Waals surface area contributed by atoms with Gasteiger partial charge in [0.1, 0.15) is 0 Å². The Labute approximate surface area is 162 Å². The van der Waals surface area contributed by atoms with Gasteiger partial charge in [-0.1, -0.05) is 29.3 Å². The van der Waals surface area contributed by atoms with Crippen molar-refractivity contribution in [3.8, 4) is 0 Å². The number of likely N-dealkylation sites (tertiary alicyclic amines) is 1. The number of amides is 2. The number of pyridine rings is 1. The molecule has 1 aliphatic rings. The summed E-state index contributed by atoms with van der Waals surface area (Å²) in [4.78, 5) is 30.4. The molecule has 1 saturated heterocycles. The highest BCUT2D eigenvalue weighted by atomic mass is 35.5. The molecule has 1 N–H and O–H groups in total. The van der Waals surface area contributed by atoms with Gasteiger partial charge >= 0.3 is 0 Å². The second-order valence-corrected chi connectivity index (χ2v) is 7.11. The van der Waals surface area contributed by atoms with E-state index in [1.807, 2.05) is 11.0 Å². The molecule has 0 spiro atoms. The Hall–Kier alpha value is -2.11. The fourth-order valence-corrected chi connectivity index (χ4v) is 3.30. The van der Waals surface area contributed by atoms with E-state index >= 15 is 0 Å². The first-order valence-corrected chi connectivity index (χ1v) is 9.21. The summed E-state index contributed by atoms with van der Waals surface area (Å²) in [5.41, 5.74) is 1.39. The Morgan fingerprint density at radius 1 is 1.15 bits per heavy atom. The molecule has 136 valence electrons. The third-order valence-corrected chi connectivity index (χ3v) is 5.18. The number of benzene rings is 1. The fourth-order valence-electron chi connectivity index (χ4n) is 2.98. The molecular formula is C19H19Cl2N3O2. The van der Waals surface area contributed by atoms with Gasteiger partial charge in [0.15, 0.2) is 0 Å². The van der Waals surface area contributed by atoms with Gasteiger partial charge in [-0.2, -0.15) is 0 Å². The number of carbonyl (C=O) groups excluding carboxylic acids is 2. The Bertz CT molecular complexity index is 791. The van der Waals surface area contributed by atoms with E-state index in [0.717, 1.165) is 18.4 Å². The van der Waals surface area contributed by atoms with E-state index in [-0.39, 0.29) is 17.9 Å². The third kappa shape index (κ3) is 4.74. The molecule has 2 amide bonds. The van der Waals surface area contributed by atoms with Crippen molar-refractivity contribution in [3.63, 3.8) is 0 Å². The maximum absolute atomic E-state index is 12.5. The number of nitrogens with zero attached hydrogens (tertiary/aromatic N) is 2. The van der Waals surface area contributed by atoms with Crippen molar-refractivity contribution in [2.24, 2.45) is 0 Å². The smallest absolute Gasteiger partial charge is 0.253 e. The topological polar surface area (TPSA) is 62.3 Å². The molecule has 5 nitrogen and oxygen atoms in total. The van der Waals surface area contributed by atoms with Gasteiger partial charge in [-0.25, -0.2) is 0 Å². The van der Waals surface area contributed by atoms with Gasteiger partial charge < -0.3 is 10.2 Å². The van der Waals surface area contributed by atoms with Gasteiger partial charge in [0.2, 0.25) is 5.91 Å². The largest absolute Gasteiger partial charge is 0.349 e. The van der Waals surface area contributed by atoms with Gasteiger partial charge in [-0.05, 0) is 42.7 Å². The zero-order valence-electron chi connectivity index (χ0n) is 14.1. The summed E-state index contributed by atoms with van der Waals surface area (Å²) < 4.78 is 0. The number of hydrogen-bond donors (Lipinski definition) is 1. The van der Waals surface area contributed by atoms with Crippen LogP contribution in [0.15, 0.2) is 42.7 Å². The van der Waals surface area contributed by atoms with E-state index in [1.54, 1.807) is 36.7 Å². The molecule has 1 aromatic heterocycles. The van der Waals surface area contributed by atoms with E-state index < -0.39 is 0 Å². The fraction of sp³-hybridized carbons (Fsp3) is 0.316. The minimum Gasteiger partial charge on any atom is -0.349 e. The molecule has 0 unspecified atom stereocenters. The quantitative estimate of drug-likeness (QED) is 0.868. The van der Waals surface area contributed by atoms with Crippen LogP contribution in [0.3, 0.4) is 0 Å². The van der Waals surface area contributed by atoms with Crippen LogP contribution in [0.25, 0.3) is 0 Å². The minimum absolute atomic E-state index is 0.0559. The summed E-state index contributed by atoms with van der Waals surface area (Å²) in [5, 5.41) is 3.94. The minimum atomic E-state index is -0.126. The van der Waals surface area contributed by atoms with E-state index in [1.165, 1.54) is 0 Å². The van der Waals surface area contributed by atoms with Crippen LogP contribution in [0.5, 0.6) is 0 Å². The second-order valence-electron chi connectivity index (χ2n) is 6.30. The Kier molecular flexibility index (Phi) is 6.12. The van der Waals surface area contributed by atoms with E-state index in [2.05, 4.69) is 10.3 Å². The van der Waals surface area contributed by atoms with Crippen molar-refractivity contribution < 1.29 is 9.59 Å². The van der Waals surface area contributed by atoms with Gasteiger partial charge in [0.05, 0.1) is 22.0 Å². The predicted octanol–water partition coefficient (Wildman–Crippen LogP) is 3.35. The van der Waals surface area contributed by atoms with Crippen LogP contribution in [-0.4, -0.2) is 40.8 Å². The van der Waals surface area contributed by atoms with Crippen LogP contribution >= 0.6 is 23.2 Å². The number of aromatic nitrogens is 1. The highest BCUT2D eigenvalue weighted by Crippen LogP contribution is 2.23. The summed E-state index contributed by atoms with van der Waals surface area (Å²) in [5.74, 6) is -0.0703. The second kappa shape index (κ2) is 8.52. The first-order valence-electron chi connectivity index (χ1n) is 8.45. The van der Waals surface area contributed by atoms with Crippen LogP contribution < -0.4 is 5.32 Å². The number of carbonyl (C=O) groups is 2. The molecular weight excluding hydrogens is 373 g/mol. The number of piperidine rings is 1. The highest BCUT2D eigenvalue weighted by molar-refractivity contribution is 6.42. The maximum atomic E-state index is 12.5. The first-order chi connectivity index (χ1) is 12.5. The summed E-state index contributed by atoms with van der Waals surface area (Å²) in [7, 11) is 0. The summed E-state index contributed by atoms with van der Waals surface area (Å²) in [6.45, 7) is 1.25. The molecule has 0 atom stereocenters. The first kappa shape index (κ1) is 18.7. The summed E-state index contributed by atoms with van der Waals surface area (Å²) in [6.07, 6.45) is 4.95. The molecule has 0 radical (unpaired) electrons. The van der Waals surface area contributed by atoms with Crippen LogP contribution in [0.2, 0.25) is 10.0 Å². The number of hydrogen-bond acceptors (Lipinski definition) is 3. The molecule has 0 saturated carbocycles. The Balaban J connectivity index is 1.49. The van der Waals surface area contributed by atoms with E-state index in [4.69, 9.17) is 23.2 Å². The molecule has 0 bridgehead atoms. The summed E-state index contributed by atoms with van der Waals surface area (Å²) >= 11 is 11.9. The number of halogens is 2. The lowest BCUT2D eigenvalue weighted by Crippen LogP contribution is -2.47. The lowest BCUT2D eigenvalue weighted by molar-refractivity contribution is -0.131. The van der Waals surface area contributed by atoms with E-state index in [0.29, 0.717) is 35.1 Å². The zero-order chi connectivity index (χ0) is 18.5. The number of rotatable bonds is 4. The van der Waals surface area contributed by atoms with Gasteiger partial charge in [-0.3, -0.25) is 14.6 Å². The average molecular weight is 392 g/mol. The van der Waals surface area contributed by atoms with Crippen LogP contribution in [-0.2, 0) is 11.2 Å². The van der Waals surface area contributed by atoms with E-state index in [9.17, 15) is 9.59 Å². The van der Waals surface area contributed by atoms with Crippen molar-refractivity contribution in [2.45, 2.75) is 25.3 Å². The SMILES string of the molecule is O=C(NC1CCN(C(=O)Cc2ccc(Cl)c(Cl)c2)CC1)c1cccnc1. The molecule has 7 heteroatoms. The van der Waals surface area contributed by atoms with Crippen LogP contribution in [0, 0.1) is 0 Å². The highest BCUT2D eigenvalue weighted by Gasteiger charge is 2.24. The van der Waals surface area contributed by atoms with Crippen LogP contribution in [0.1, 0.15) is 28.8 Å². The van der Waals surface area contributed by atoms with Crippen molar-refractivity contribution in [2.75, 3.05) is 13.1 Å². The van der Waals surface area contributed by atoms with Crippen LogP contribution in [0.4, 0.5) is 0 Å². The third-order valence-electron chi connectivity index (χ3n) is 4.45. The molecule has 1 aromatic carbocycles. The molecule has 1 aliphatic heterocycles. The van der Waals surface area contributed by atoms with Crippen molar-refractivity contribution in [1.82, 2.24) is 15.2 Å². The molecule has 0 aliphatic carbocycles. The Morgan fingerprint density at radius 2 is 1.92 bits per heavy atom. The number of nitrogens with one attached hydrogen (secondary N) is 1. The van der Waals surface area contributed by atoms with Crippen molar-refractivity contribution >= 4 is 35.0 Å². The maximum Gasteiger partial charge on any atom is 0.253 e. The monoisotopic (exact) mass is 391 g/mol. The van der Waals surface area contributed by atoms with Crippen molar-refractivity contribution in [3.05, 3.63) is 63.9 Å². The summed E-state index contributed by atoms with van der Waals surface area (Å²) in [6, 6.07) is 8.77. The molecule has 26 heavy (non-hydrogen) atoms. The molecule has 2 heterocycles. The standard InChI is InChI=1S/C19H19Cl2N3O2/c20-16-4-3-13(10-17(16)21)11-18(25)24-8-5-15(6-9-24)23-19(26)14-2-1-7-22-12-14/h1-4,7,10,12,15H,5-6,8-9,11H2,(H,23,26). The lowest BCUT2D eigenvalue weighted by atomic mass is 10.0. The Morgan fingerprint density at radius 3 is 2.58 bits per heavy atom. The average Bonchev–Trinajstić information content (AvgIpc) is 2.66. The van der Waals surface area contributed by atoms with Gasteiger partial charge in [-0.15, -0.1) is 0 Å². The van der Waals surface area contributed by atoms with Crippen molar-refractivity contribution in [1.29, 1.82) is 0 Å². The normalized spacial score (nSPS) is 14.9. The molecule has 2 aromatic rings. The zero-order valence-corrected chi connectivity index (χ0v) is 15.6. The molecule has 1 fully saturated rings. The lowest BCUT2D eigenvalue weighted by Gasteiger charge is -2.32. The van der Waals surface area contributed by atoms with Gasteiger partial charge in [0.25, 0.3) is 5.91 Å².